The smallest absolute Gasteiger partial charge is 0.338 e. The van der Waals surface area contributed by atoms with Gasteiger partial charge in [-0.05, 0) is 44.0 Å². The van der Waals surface area contributed by atoms with Gasteiger partial charge >= 0.3 is 18.0 Å². The summed E-state index contributed by atoms with van der Waals surface area (Å²) >= 11 is 0. The number of anilines is 1. The van der Waals surface area contributed by atoms with Crippen LogP contribution in [-0.4, -0.2) is 37.2 Å². The molecule has 1 rings (SSSR count). The molecule has 0 aromatic heterocycles. The molecule has 0 aliphatic carbocycles. The Kier molecular flexibility index (Phi) is 7.74. The van der Waals surface area contributed by atoms with E-state index in [-0.39, 0.29) is 12.5 Å². The quantitative estimate of drug-likeness (QED) is 0.746. The Hall–Kier alpha value is -2.57. The van der Waals surface area contributed by atoms with Crippen molar-refractivity contribution < 1.29 is 23.9 Å². The van der Waals surface area contributed by atoms with Crippen molar-refractivity contribution >= 4 is 23.7 Å². The highest BCUT2D eigenvalue weighted by atomic mass is 16.5. The lowest BCUT2D eigenvalue weighted by atomic mass is 10.1. The number of amides is 2. The van der Waals surface area contributed by atoms with Crippen LogP contribution in [-0.2, 0) is 14.3 Å². The second-order valence-corrected chi connectivity index (χ2v) is 5.37. The molecule has 0 saturated heterocycles. The SMILES string of the molecule is CCOC(=O)c1ccc(NC(=O)NC(C(=O)OCC)C(C)C)cc1. The highest BCUT2D eigenvalue weighted by molar-refractivity contribution is 5.94. The van der Waals surface area contributed by atoms with Crippen LogP contribution >= 0.6 is 0 Å². The fourth-order valence-corrected chi connectivity index (χ4v) is 1.94. The molecule has 0 radical (unpaired) electrons. The topological polar surface area (TPSA) is 93.7 Å². The van der Waals surface area contributed by atoms with Gasteiger partial charge in [0.2, 0.25) is 0 Å². The molecule has 2 N–H and O–H groups in total. The number of esters is 2. The molecule has 0 heterocycles. The molecule has 0 bridgehead atoms. The highest BCUT2D eigenvalue weighted by Crippen LogP contribution is 2.11. The lowest BCUT2D eigenvalue weighted by Gasteiger charge is -2.20. The zero-order valence-corrected chi connectivity index (χ0v) is 14.4. The first-order valence-corrected chi connectivity index (χ1v) is 7.90. The molecule has 132 valence electrons. The molecule has 0 aliphatic rings. The minimum absolute atomic E-state index is 0.110. The average molecular weight is 336 g/mol. The summed E-state index contributed by atoms with van der Waals surface area (Å²) in [6, 6.07) is 5.02. The fraction of sp³-hybridized carbons (Fsp3) is 0.471. The Morgan fingerprint density at radius 3 is 2.08 bits per heavy atom. The molecular formula is C17H24N2O5. The third-order valence-electron chi connectivity index (χ3n) is 3.15. The van der Waals surface area contributed by atoms with Crippen molar-refractivity contribution in [3.63, 3.8) is 0 Å². The molecule has 1 atom stereocenters. The standard InChI is InChI=1S/C17H24N2O5/c1-5-23-15(20)12-7-9-13(10-8-12)18-17(22)19-14(11(3)4)16(21)24-6-2/h7-11,14H,5-6H2,1-4H3,(H2,18,19,22). The lowest BCUT2D eigenvalue weighted by molar-refractivity contribution is -0.146. The van der Waals surface area contributed by atoms with Crippen LogP contribution in [0.25, 0.3) is 0 Å². The van der Waals surface area contributed by atoms with E-state index >= 15 is 0 Å². The second-order valence-electron chi connectivity index (χ2n) is 5.37. The second kappa shape index (κ2) is 9.54. The van der Waals surface area contributed by atoms with Crippen LogP contribution in [0, 0.1) is 5.92 Å². The molecule has 0 spiro atoms. The number of urea groups is 1. The van der Waals surface area contributed by atoms with E-state index in [1.165, 1.54) is 0 Å². The third kappa shape index (κ3) is 5.91. The average Bonchev–Trinajstić information content (AvgIpc) is 2.53. The van der Waals surface area contributed by atoms with Crippen molar-refractivity contribution in [3.05, 3.63) is 29.8 Å². The van der Waals surface area contributed by atoms with E-state index in [9.17, 15) is 14.4 Å². The van der Waals surface area contributed by atoms with Crippen molar-refractivity contribution in [2.75, 3.05) is 18.5 Å². The summed E-state index contributed by atoms with van der Waals surface area (Å²) in [7, 11) is 0. The molecule has 0 saturated carbocycles. The number of hydrogen-bond donors (Lipinski definition) is 2. The maximum Gasteiger partial charge on any atom is 0.338 e. The Morgan fingerprint density at radius 1 is 1.00 bits per heavy atom. The Labute approximate surface area is 141 Å². The summed E-state index contributed by atoms with van der Waals surface area (Å²) < 4.78 is 9.84. The normalized spacial score (nSPS) is 11.5. The molecule has 1 unspecified atom stereocenters. The molecule has 7 nitrogen and oxygen atoms in total. The van der Waals surface area contributed by atoms with Crippen LogP contribution < -0.4 is 10.6 Å². The molecule has 1 aromatic rings. The van der Waals surface area contributed by atoms with Gasteiger partial charge in [-0.1, -0.05) is 13.8 Å². The van der Waals surface area contributed by atoms with Gasteiger partial charge in [0.15, 0.2) is 0 Å². The first kappa shape index (κ1) is 19.5. The van der Waals surface area contributed by atoms with Crippen LogP contribution in [0.5, 0.6) is 0 Å². The van der Waals surface area contributed by atoms with Gasteiger partial charge in [0.25, 0.3) is 0 Å². The number of carbonyl (C=O) groups is 3. The predicted molar refractivity (Wildman–Crippen MR) is 89.8 cm³/mol. The summed E-state index contributed by atoms with van der Waals surface area (Å²) in [5, 5.41) is 5.20. The van der Waals surface area contributed by atoms with Crippen molar-refractivity contribution in [1.29, 1.82) is 0 Å². The number of hydrogen-bond acceptors (Lipinski definition) is 5. The maximum absolute atomic E-state index is 12.0. The highest BCUT2D eigenvalue weighted by Gasteiger charge is 2.25. The molecule has 0 aliphatic heterocycles. The van der Waals surface area contributed by atoms with Crippen LogP contribution in [0.4, 0.5) is 10.5 Å². The van der Waals surface area contributed by atoms with Crippen molar-refractivity contribution in [3.8, 4) is 0 Å². The summed E-state index contributed by atoms with van der Waals surface area (Å²) in [5.74, 6) is -1.00. The van der Waals surface area contributed by atoms with Crippen molar-refractivity contribution in [2.24, 2.45) is 5.92 Å². The molecule has 0 fully saturated rings. The van der Waals surface area contributed by atoms with E-state index in [2.05, 4.69) is 10.6 Å². The summed E-state index contributed by atoms with van der Waals surface area (Å²) in [5.41, 5.74) is 0.890. The molecule has 2 amide bonds. The van der Waals surface area contributed by atoms with Crippen LogP contribution in [0.15, 0.2) is 24.3 Å². The zero-order valence-electron chi connectivity index (χ0n) is 14.4. The maximum atomic E-state index is 12.0. The van der Waals surface area contributed by atoms with Gasteiger partial charge in [0, 0.05) is 5.69 Å². The zero-order chi connectivity index (χ0) is 18.1. The van der Waals surface area contributed by atoms with E-state index in [1.807, 2.05) is 13.8 Å². The van der Waals surface area contributed by atoms with Crippen molar-refractivity contribution in [2.45, 2.75) is 33.7 Å². The first-order valence-electron chi connectivity index (χ1n) is 7.90. The molecule has 7 heteroatoms. The Morgan fingerprint density at radius 2 is 1.58 bits per heavy atom. The van der Waals surface area contributed by atoms with E-state index in [0.717, 1.165) is 0 Å². The van der Waals surface area contributed by atoms with Gasteiger partial charge in [0.05, 0.1) is 18.8 Å². The number of benzene rings is 1. The molecule has 1 aromatic carbocycles. The lowest BCUT2D eigenvalue weighted by Crippen LogP contribution is -2.47. The van der Waals surface area contributed by atoms with Crippen LogP contribution in [0.3, 0.4) is 0 Å². The molecule has 24 heavy (non-hydrogen) atoms. The van der Waals surface area contributed by atoms with Gasteiger partial charge in [-0.25, -0.2) is 14.4 Å². The minimum atomic E-state index is -0.733. The van der Waals surface area contributed by atoms with Crippen LogP contribution in [0.1, 0.15) is 38.1 Å². The van der Waals surface area contributed by atoms with Crippen molar-refractivity contribution in [1.82, 2.24) is 5.32 Å². The largest absolute Gasteiger partial charge is 0.464 e. The first-order chi connectivity index (χ1) is 11.4. The molecular weight excluding hydrogens is 312 g/mol. The van der Waals surface area contributed by atoms with Gasteiger partial charge in [-0.3, -0.25) is 0 Å². The summed E-state index contributed by atoms with van der Waals surface area (Å²) in [6.07, 6.45) is 0. The Balaban J connectivity index is 2.66. The predicted octanol–water partition coefficient (Wildman–Crippen LogP) is 2.57. The fourth-order valence-electron chi connectivity index (χ4n) is 1.94. The van der Waals surface area contributed by atoms with Gasteiger partial charge < -0.3 is 20.1 Å². The Bertz CT molecular complexity index is 569. The number of rotatable bonds is 7. The number of carbonyl (C=O) groups excluding carboxylic acids is 3. The third-order valence-corrected chi connectivity index (χ3v) is 3.15. The summed E-state index contributed by atoms with van der Waals surface area (Å²) in [4.78, 5) is 35.4. The van der Waals surface area contributed by atoms with Gasteiger partial charge in [0.1, 0.15) is 6.04 Å². The van der Waals surface area contributed by atoms with E-state index < -0.39 is 24.0 Å². The van der Waals surface area contributed by atoms with E-state index in [0.29, 0.717) is 17.9 Å². The number of ether oxygens (including phenoxy) is 2. The minimum Gasteiger partial charge on any atom is -0.464 e. The van der Waals surface area contributed by atoms with Crippen LogP contribution in [0.2, 0.25) is 0 Å². The summed E-state index contributed by atoms with van der Waals surface area (Å²) in [6.45, 7) is 7.62. The van der Waals surface area contributed by atoms with E-state index in [4.69, 9.17) is 9.47 Å². The van der Waals surface area contributed by atoms with E-state index in [1.54, 1.807) is 38.1 Å². The monoisotopic (exact) mass is 336 g/mol. The van der Waals surface area contributed by atoms with Gasteiger partial charge in [-0.15, -0.1) is 0 Å². The number of nitrogens with one attached hydrogen (secondary N) is 2. The van der Waals surface area contributed by atoms with Gasteiger partial charge in [-0.2, -0.15) is 0 Å².